The first kappa shape index (κ1) is 33.3. The quantitative estimate of drug-likeness (QED) is 0.202. The van der Waals surface area contributed by atoms with Crippen LogP contribution < -0.4 is 10.6 Å². The fraction of sp³-hybridized carbons (Fsp3) is 0.444. The number of carbonyl (C=O) groups excluding carboxylic acids is 1. The topological polar surface area (TPSA) is 122 Å². The molecule has 1 aromatic carbocycles. The van der Waals surface area contributed by atoms with E-state index >= 15 is 0 Å². The van der Waals surface area contributed by atoms with Gasteiger partial charge in [0.2, 0.25) is 5.95 Å². The third-order valence-electron chi connectivity index (χ3n) is 6.30. The molecule has 3 aromatic rings. The summed E-state index contributed by atoms with van der Waals surface area (Å²) in [6, 6.07) is 4.89. The fourth-order valence-electron chi connectivity index (χ4n) is 4.34. The van der Waals surface area contributed by atoms with E-state index in [1.54, 1.807) is 17.9 Å². The smallest absolute Gasteiger partial charge is 0.475 e. The van der Waals surface area contributed by atoms with Gasteiger partial charge >= 0.3 is 18.3 Å². The van der Waals surface area contributed by atoms with Crippen molar-refractivity contribution < 1.29 is 45.5 Å². The molecule has 1 amide bonds. The Morgan fingerprint density at radius 3 is 2.37 bits per heavy atom. The number of nitrogens with zero attached hydrogens (tertiary/aromatic N) is 5. The van der Waals surface area contributed by atoms with Gasteiger partial charge in [0, 0.05) is 37.5 Å². The van der Waals surface area contributed by atoms with Crippen LogP contribution in [-0.4, -0.2) is 81.6 Å². The highest BCUT2D eigenvalue weighted by atomic mass is 19.4. The van der Waals surface area contributed by atoms with Gasteiger partial charge < -0.3 is 20.2 Å². The number of nitrogens with one attached hydrogen (secondary N) is 2. The van der Waals surface area contributed by atoms with Crippen LogP contribution in [0.1, 0.15) is 40.0 Å². The zero-order chi connectivity index (χ0) is 32.2. The standard InChI is InChI=1S/C25H30F3N7O.C2HF3O2/c1-34-22-19(21(33-34)23(36)29-12-7-13-35(2,3)4)11-5-8-16-15-30-24(32-20(16)22)31-18-10-6-9-17(14-18)25(26,27)28;3-2(4,5)1(6)7/h6,9-10,14-15H,5,7-8,11-13H2,1-4H3,(H-,29,30,31,32,36);(H,6,7)/p+1. The molecule has 0 fully saturated rings. The summed E-state index contributed by atoms with van der Waals surface area (Å²) in [5.41, 5.74) is 2.95. The predicted molar refractivity (Wildman–Crippen MR) is 145 cm³/mol. The van der Waals surface area contributed by atoms with E-state index in [-0.39, 0.29) is 17.5 Å². The van der Waals surface area contributed by atoms with Crippen LogP contribution >= 0.6 is 0 Å². The molecule has 0 spiro atoms. The van der Waals surface area contributed by atoms with Crippen molar-refractivity contribution in [3.63, 3.8) is 0 Å². The van der Waals surface area contributed by atoms with E-state index in [9.17, 15) is 31.1 Å². The molecule has 0 unspecified atom stereocenters. The van der Waals surface area contributed by atoms with Gasteiger partial charge in [0.25, 0.3) is 5.91 Å². The Morgan fingerprint density at radius 1 is 1.09 bits per heavy atom. The van der Waals surface area contributed by atoms with E-state index in [1.807, 2.05) is 0 Å². The number of amides is 1. The number of aliphatic carboxylic acids is 1. The predicted octanol–water partition coefficient (Wildman–Crippen LogP) is 4.59. The Kier molecular flexibility index (Phi) is 10.0. The van der Waals surface area contributed by atoms with Crippen LogP contribution in [0.4, 0.5) is 38.0 Å². The lowest BCUT2D eigenvalue weighted by atomic mass is 10.1. The lowest BCUT2D eigenvalue weighted by molar-refractivity contribution is -0.870. The molecule has 2 heterocycles. The van der Waals surface area contributed by atoms with Gasteiger partial charge in [0.15, 0.2) is 5.69 Å². The van der Waals surface area contributed by atoms with Crippen LogP contribution in [0, 0.1) is 0 Å². The highest BCUT2D eigenvalue weighted by molar-refractivity contribution is 5.95. The van der Waals surface area contributed by atoms with Gasteiger partial charge in [-0.3, -0.25) is 9.48 Å². The van der Waals surface area contributed by atoms with E-state index in [2.05, 4.69) is 46.8 Å². The van der Waals surface area contributed by atoms with Gasteiger partial charge in [0.05, 0.1) is 44.6 Å². The molecule has 43 heavy (non-hydrogen) atoms. The molecule has 0 saturated heterocycles. The molecule has 0 aliphatic heterocycles. The van der Waals surface area contributed by atoms with Crippen LogP contribution in [0.5, 0.6) is 0 Å². The number of benzene rings is 1. The lowest BCUT2D eigenvalue weighted by Gasteiger charge is -2.23. The molecular weight excluding hydrogens is 584 g/mol. The highest BCUT2D eigenvalue weighted by Crippen LogP contribution is 2.34. The zero-order valence-corrected chi connectivity index (χ0v) is 23.9. The van der Waals surface area contributed by atoms with Crippen LogP contribution in [0.2, 0.25) is 0 Å². The highest BCUT2D eigenvalue weighted by Gasteiger charge is 2.38. The number of aromatic nitrogens is 4. The van der Waals surface area contributed by atoms with Gasteiger partial charge in [-0.05, 0) is 43.0 Å². The summed E-state index contributed by atoms with van der Waals surface area (Å²) < 4.78 is 73.5. The van der Waals surface area contributed by atoms with Gasteiger partial charge in [-0.15, -0.1) is 0 Å². The second kappa shape index (κ2) is 13.0. The monoisotopic (exact) mass is 616 g/mol. The minimum absolute atomic E-state index is 0.174. The van der Waals surface area contributed by atoms with Gasteiger partial charge in [-0.2, -0.15) is 31.4 Å². The van der Waals surface area contributed by atoms with Gasteiger partial charge in [-0.1, -0.05) is 6.07 Å². The number of carboxylic acid groups (broad SMARTS) is 1. The van der Waals surface area contributed by atoms with E-state index in [0.29, 0.717) is 24.4 Å². The average molecular weight is 617 g/mol. The minimum atomic E-state index is -5.08. The summed E-state index contributed by atoms with van der Waals surface area (Å²) in [6.07, 6.45) is -4.80. The van der Waals surface area contributed by atoms with E-state index in [0.717, 1.165) is 59.2 Å². The number of fused-ring (bicyclic) bond motifs is 3. The summed E-state index contributed by atoms with van der Waals surface area (Å²) in [4.78, 5) is 30.8. The molecule has 234 valence electrons. The van der Waals surface area contributed by atoms with Crippen molar-refractivity contribution in [1.82, 2.24) is 25.1 Å². The van der Waals surface area contributed by atoms with Gasteiger partial charge in [-0.25, -0.2) is 14.8 Å². The molecule has 0 atom stereocenters. The number of hydrogen-bond donors (Lipinski definition) is 3. The van der Waals surface area contributed by atoms with Crippen molar-refractivity contribution >= 4 is 23.5 Å². The van der Waals surface area contributed by atoms with Crippen molar-refractivity contribution in [2.24, 2.45) is 7.05 Å². The second-order valence-electron chi connectivity index (χ2n) is 10.9. The number of rotatable bonds is 7. The minimum Gasteiger partial charge on any atom is -0.475 e. The summed E-state index contributed by atoms with van der Waals surface area (Å²) in [5, 5.41) is 17.5. The number of halogens is 6. The molecular formula is C27H32F6N7O3+. The fourth-order valence-corrected chi connectivity index (χ4v) is 4.34. The largest absolute Gasteiger partial charge is 0.490 e. The Hall–Kier alpha value is -4.21. The molecule has 2 aromatic heterocycles. The number of alkyl halides is 6. The van der Waals surface area contributed by atoms with E-state index in [1.165, 1.54) is 12.1 Å². The number of hydrogen-bond acceptors (Lipinski definition) is 6. The molecule has 0 bridgehead atoms. The first-order valence-corrected chi connectivity index (χ1v) is 13.1. The van der Waals surface area contributed by atoms with Crippen molar-refractivity contribution in [2.75, 3.05) is 39.5 Å². The third-order valence-corrected chi connectivity index (χ3v) is 6.30. The number of quaternary nitrogens is 1. The molecule has 0 saturated carbocycles. The maximum Gasteiger partial charge on any atom is 0.490 e. The van der Waals surface area contributed by atoms with Crippen molar-refractivity contribution in [2.45, 2.75) is 38.0 Å². The second-order valence-corrected chi connectivity index (χ2v) is 10.9. The van der Waals surface area contributed by atoms with Crippen LogP contribution in [0.3, 0.4) is 0 Å². The molecule has 4 rings (SSSR count). The summed E-state index contributed by atoms with van der Waals surface area (Å²) in [5.74, 6) is -2.80. The summed E-state index contributed by atoms with van der Waals surface area (Å²) >= 11 is 0. The van der Waals surface area contributed by atoms with Crippen molar-refractivity contribution in [3.8, 4) is 11.4 Å². The maximum absolute atomic E-state index is 13.1. The lowest BCUT2D eigenvalue weighted by Crippen LogP contribution is -2.37. The van der Waals surface area contributed by atoms with Gasteiger partial charge in [0.1, 0.15) is 0 Å². The average Bonchev–Trinajstić information content (AvgIpc) is 3.09. The number of carboxylic acids is 1. The Bertz CT molecular complexity index is 1460. The molecule has 3 N–H and O–H groups in total. The molecule has 0 radical (unpaired) electrons. The molecule has 10 nitrogen and oxygen atoms in total. The first-order valence-electron chi connectivity index (χ1n) is 13.1. The van der Waals surface area contributed by atoms with Crippen LogP contribution in [-0.2, 0) is 30.9 Å². The summed E-state index contributed by atoms with van der Waals surface area (Å²) in [7, 11) is 8.09. The number of anilines is 2. The Balaban J connectivity index is 0.000000646. The van der Waals surface area contributed by atoms with Crippen molar-refractivity contribution in [3.05, 3.63) is 52.8 Å². The van der Waals surface area contributed by atoms with Crippen LogP contribution in [0.25, 0.3) is 11.4 Å². The zero-order valence-electron chi connectivity index (χ0n) is 23.9. The number of aryl methyl sites for hydroxylation is 2. The van der Waals surface area contributed by atoms with Crippen LogP contribution in [0.15, 0.2) is 30.5 Å². The maximum atomic E-state index is 13.1. The SMILES string of the molecule is Cn1nc(C(=O)NCCC[N+](C)(C)C)c2c1-c1nc(Nc3cccc(C(F)(F)F)c3)ncc1CCC2.O=C(O)C(F)(F)F. The summed E-state index contributed by atoms with van der Waals surface area (Å²) in [6.45, 7) is 1.50. The molecule has 16 heteroatoms. The Labute approximate surface area is 243 Å². The molecule has 1 aliphatic rings. The Morgan fingerprint density at radius 2 is 1.77 bits per heavy atom. The first-order chi connectivity index (χ1) is 19.9. The van der Waals surface area contributed by atoms with E-state index in [4.69, 9.17) is 9.90 Å². The normalized spacial score (nSPS) is 13.2. The van der Waals surface area contributed by atoms with E-state index < -0.39 is 23.9 Å². The third kappa shape index (κ3) is 9.14. The molecule has 1 aliphatic carbocycles. The number of carbonyl (C=O) groups is 2. The van der Waals surface area contributed by atoms with Crippen molar-refractivity contribution in [1.29, 1.82) is 0 Å².